The highest BCUT2D eigenvalue weighted by atomic mass is 35.5. The molecular formula is C18H25ClN2O. The maximum absolute atomic E-state index is 11.8. The number of likely N-dealkylation sites (tertiary alicyclic amines) is 2. The van der Waals surface area contributed by atoms with Crippen molar-refractivity contribution in [2.75, 3.05) is 19.6 Å². The molecule has 0 saturated carbocycles. The van der Waals surface area contributed by atoms with Gasteiger partial charge in [0.2, 0.25) is 5.91 Å². The third-order valence-electron chi connectivity index (χ3n) is 5.19. The molecule has 0 aromatic heterocycles. The van der Waals surface area contributed by atoms with Crippen LogP contribution in [0.15, 0.2) is 24.3 Å². The largest absolute Gasteiger partial charge is 0.338 e. The van der Waals surface area contributed by atoms with Crippen LogP contribution in [0.2, 0.25) is 5.02 Å². The minimum absolute atomic E-state index is 0.237. The van der Waals surface area contributed by atoms with Gasteiger partial charge in [0, 0.05) is 37.1 Å². The van der Waals surface area contributed by atoms with Gasteiger partial charge in [-0.3, -0.25) is 9.69 Å². The van der Waals surface area contributed by atoms with Crippen LogP contribution in [0, 0.1) is 0 Å². The van der Waals surface area contributed by atoms with E-state index in [9.17, 15) is 4.79 Å². The van der Waals surface area contributed by atoms with E-state index in [0.29, 0.717) is 12.1 Å². The van der Waals surface area contributed by atoms with Crippen LogP contribution in [0.5, 0.6) is 0 Å². The van der Waals surface area contributed by atoms with Gasteiger partial charge in [0.15, 0.2) is 0 Å². The number of carbonyl (C=O) groups is 1. The average Bonchev–Trinajstić information content (AvgIpc) is 3.14. The molecule has 1 aromatic rings. The lowest BCUT2D eigenvalue weighted by Crippen LogP contribution is -2.48. The SMILES string of the molecule is CC(=O)N1CCCC1C1CCCN1CCc1ccccc1Cl. The average molecular weight is 321 g/mol. The smallest absolute Gasteiger partial charge is 0.219 e. The maximum Gasteiger partial charge on any atom is 0.219 e. The molecule has 0 N–H and O–H groups in total. The number of rotatable bonds is 4. The number of hydrogen-bond donors (Lipinski definition) is 0. The third kappa shape index (κ3) is 3.31. The molecule has 2 atom stereocenters. The summed E-state index contributed by atoms with van der Waals surface area (Å²) in [6, 6.07) is 9.07. The number of benzene rings is 1. The molecule has 1 amide bonds. The van der Waals surface area contributed by atoms with Crippen LogP contribution in [0.1, 0.15) is 38.2 Å². The topological polar surface area (TPSA) is 23.6 Å². The Balaban J connectivity index is 1.63. The molecule has 2 heterocycles. The molecular weight excluding hydrogens is 296 g/mol. The first-order valence-electron chi connectivity index (χ1n) is 8.41. The Labute approximate surface area is 138 Å². The molecule has 2 aliphatic rings. The van der Waals surface area contributed by atoms with E-state index in [1.54, 1.807) is 6.92 Å². The molecule has 2 saturated heterocycles. The van der Waals surface area contributed by atoms with E-state index >= 15 is 0 Å². The normalized spacial score (nSPS) is 25.8. The minimum atomic E-state index is 0.237. The summed E-state index contributed by atoms with van der Waals surface area (Å²) in [6.07, 6.45) is 5.77. The summed E-state index contributed by atoms with van der Waals surface area (Å²) < 4.78 is 0. The molecule has 0 radical (unpaired) electrons. The highest BCUT2D eigenvalue weighted by molar-refractivity contribution is 6.31. The van der Waals surface area contributed by atoms with E-state index in [4.69, 9.17) is 11.6 Å². The predicted octanol–water partition coefficient (Wildman–Crippen LogP) is 3.36. The summed E-state index contributed by atoms with van der Waals surface area (Å²) in [4.78, 5) is 16.5. The van der Waals surface area contributed by atoms with Gasteiger partial charge in [0.25, 0.3) is 0 Å². The van der Waals surface area contributed by atoms with E-state index < -0.39 is 0 Å². The van der Waals surface area contributed by atoms with Gasteiger partial charge in [-0.15, -0.1) is 0 Å². The van der Waals surface area contributed by atoms with Crippen molar-refractivity contribution in [3.63, 3.8) is 0 Å². The Hall–Kier alpha value is -1.06. The fraction of sp³-hybridized carbons (Fsp3) is 0.611. The number of amides is 1. The van der Waals surface area contributed by atoms with Gasteiger partial charge < -0.3 is 4.90 Å². The zero-order valence-corrected chi connectivity index (χ0v) is 14.1. The molecule has 2 aliphatic heterocycles. The quantitative estimate of drug-likeness (QED) is 0.849. The zero-order chi connectivity index (χ0) is 15.5. The fourth-order valence-electron chi connectivity index (χ4n) is 4.11. The second kappa shape index (κ2) is 7.01. The number of halogens is 1. The Bertz CT molecular complexity index is 534. The van der Waals surface area contributed by atoms with Gasteiger partial charge in [-0.25, -0.2) is 0 Å². The summed E-state index contributed by atoms with van der Waals surface area (Å²) in [6.45, 7) is 4.84. The van der Waals surface area contributed by atoms with Crippen LogP contribution in [-0.4, -0.2) is 47.4 Å². The number of carbonyl (C=O) groups excluding carboxylic acids is 1. The van der Waals surface area contributed by atoms with E-state index in [0.717, 1.165) is 43.9 Å². The maximum atomic E-state index is 11.8. The van der Waals surface area contributed by atoms with E-state index in [1.807, 2.05) is 12.1 Å². The fourth-order valence-corrected chi connectivity index (χ4v) is 4.34. The van der Waals surface area contributed by atoms with Crippen molar-refractivity contribution in [3.8, 4) is 0 Å². The van der Waals surface area contributed by atoms with Crippen molar-refractivity contribution in [1.82, 2.24) is 9.80 Å². The molecule has 3 nitrogen and oxygen atoms in total. The Kier molecular flexibility index (Phi) is 5.04. The van der Waals surface area contributed by atoms with Crippen molar-refractivity contribution in [1.29, 1.82) is 0 Å². The Morgan fingerprint density at radius 2 is 1.91 bits per heavy atom. The van der Waals surface area contributed by atoms with E-state index in [2.05, 4.69) is 21.9 Å². The highest BCUT2D eigenvalue weighted by Crippen LogP contribution is 2.30. The first kappa shape index (κ1) is 15.8. The molecule has 0 aliphatic carbocycles. The minimum Gasteiger partial charge on any atom is -0.338 e. The second-order valence-corrected chi connectivity index (χ2v) is 6.92. The molecule has 22 heavy (non-hydrogen) atoms. The molecule has 2 fully saturated rings. The molecule has 0 bridgehead atoms. The van der Waals surface area contributed by atoms with Crippen LogP contribution in [-0.2, 0) is 11.2 Å². The second-order valence-electron chi connectivity index (χ2n) is 6.51. The highest BCUT2D eigenvalue weighted by Gasteiger charge is 2.38. The summed E-state index contributed by atoms with van der Waals surface area (Å²) in [5.74, 6) is 0.237. The van der Waals surface area contributed by atoms with Gasteiger partial charge in [-0.05, 0) is 50.3 Å². The summed E-state index contributed by atoms with van der Waals surface area (Å²) in [7, 11) is 0. The van der Waals surface area contributed by atoms with E-state index in [-0.39, 0.29) is 5.91 Å². The Morgan fingerprint density at radius 3 is 2.68 bits per heavy atom. The standard InChI is InChI=1S/C18H25ClN2O/c1-14(22)21-12-5-9-18(21)17-8-4-11-20(17)13-10-15-6-2-3-7-16(15)19/h2-3,6-7,17-18H,4-5,8-13H2,1H3. The van der Waals surface area contributed by atoms with Gasteiger partial charge in [-0.2, -0.15) is 0 Å². The first-order valence-corrected chi connectivity index (χ1v) is 8.79. The van der Waals surface area contributed by atoms with Gasteiger partial charge in [-0.1, -0.05) is 29.8 Å². The van der Waals surface area contributed by atoms with Crippen molar-refractivity contribution in [2.24, 2.45) is 0 Å². The number of hydrogen-bond acceptors (Lipinski definition) is 2. The van der Waals surface area contributed by atoms with Crippen LogP contribution in [0.4, 0.5) is 0 Å². The van der Waals surface area contributed by atoms with Gasteiger partial charge in [0.05, 0.1) is 0 Å². The van der Waals surface area contributed by atoms with E-state index in [1.165, 1.54) is 18.4 Å². The van der Waals surface area contributed by atoms with Gasteiger partial charge in [0.1, 0.15) is 0 Å². The van der Waals surface area contributed by atoms with Crippen molar-refractivity contribution >= 4 is 17.5 Å². The molecule has 4 heteroatoms. The zero-order valence-electron chi connectivity index (χ0n) is 13.3. The van der Waals surface area contributed by atoms with Crippen molar-refractivity contribution in [3.05, 3.63) is 34.9 Å². The van der Waals surface area contributed by atoms with Crippen LogP contribution in [0.3, 0.4) is 0 Å². The summed E-state index contributed by atoms with van der Waals surface area (Å²) in [5, 5.41) is 0.865. The number of nitrogens with zero attached hydrogens (tertiary/aromatic N) is 2. The van der Waals surface area contributed by atoms with Crippen molar-refractivity contribution in [2.45, 2.75) is 51.1 Å². The first-order chi connectivity index (χ1) is 10.7. The molecule has 0 spiro atoms. The van der Waals surface area contributed by atoms with Gasteiger partial charge >= 0.3 is 0 Å². The lowest BCUT2D eigenvalue weighted by Gasteiger charge is -2.34. The summed E-state index contributed by atoms with van der Waals surface area (Å²) in [5.41, 5.74) is 1.23. The molecule has 1 aromatic carbocycles. The van der Waals surface area contributed by atoms with Crippen molar-refractivity contribution < 1.29 is 4.79 Å². The monoisotopic (exact) mass is 320 g/mol. The van der Waals surface area contributed by atoms with Crippen LogP contribution in [0.25, 0.3) is 0 Å². The van der Waals surface area contributed by atoms with Crippen LogP contribution >= 0.6 is 11.6 Å². The lowest BCUT2D eigenvalue weighted by atomic mass is 10.0. The predicted molar refractivity (Wildman–Crippen MR) is 90.2 cm³/mol. The lowest BCUT2D eigenvalue weighted by molar-refractivity contribution is -0.130. The van der Waals surface area contributed by atoms with Crippen LogP contribution < -0.4 is 0 Å². The third-order valence-corrected chi connectivity index (χ3v) is 5.56. The molecule has 2 unspecified atom stereocenters. The molecule has 3 rings (SSSR count). The molecule has 120 valence electrons. The Morgan fingerprint density at radius 1 is 1.18 bits per heavy atom. The summed E-state index contributed by atoms with van der Waals surface area (Å²) >= 11 is 6.27.